The molecule has 16 heavy (non-hydrogen) atoms. The van der Waals surface area contributed by atoms with Crippen LogP contribution in [0.25, 0.3) is 0 Å². The largest absolute Gasteiger partial charge is 0.495 e. The van der Waals surface area contributed by atoms with Crippen molar-refractivity contribution in [2.45, 2.75) is 6.42 Å². The third kappa shape index (κ3) is 1.96. The van der Waals surface area contributed by atoms with Gasteiger partial charge in [0.1, 0.15) is 22.8 Å². The molecule has 0 aromatic carbocycles. The Hall–Kier alpha value is -1.69. The number of hydrogen-bond donors (Lipinski definition) is 0. The van der Waals surface area contributed by atoms with E-state index in [1.807, 2.05) is 5.38 Å². The predicted molar refractivity (Wildman–Crippen MR) is 59.9 cm³/mol. The Balaban J connectivity index is 2.18. The van der Waals surface area contributed by atoms with Gasteiger partial charge in [0, 0.05) is 7.05 Å². The van der Waals surface area contributed by atoms with Crippen LogP contribution in [0.4, 0.5) is 0 Å². The van der Waals surface area contributed by atoms with Crippen molar-refractivity contribution in [2.24, 2.45) is 7.05 Å². The molecule has 6 heteroatoms. The quantitative estimate of drug-likeness (QED) is 0.752. The molecule has 5 nitrogen and oxygen atoms in total. The Morgan fingerprint density at radius 3 is 3.06 bits per heavy atom. The summed E-state index contributed by atoms with van der Waals surface area (Å²) < 4.78 is 6.70. The number of methoxy groups -OCH3 is 1. The van der Waals surface area contributed by atoms with Crippen LogP contribution < -0.4 is 4.74 Å². The first-order valence-electron chi connectivity index (χ1n) is 4.70. The first-order chi connectivity index (χ1) is 7.72. The number of carbonyl (C=O) groups excluding carboxylic acids is 1. The predicted octanol–water partition coefficient (Wildman–Crippen LogP) is 1.31. The second kappa shape index (κ2) is 4.44. The van der Waals surface area contributed by atoms with Crippen molar-refractivity contribution < 1.29 is 9.53 Å². The molecule has 0 aliphatic heterocycles. The van der Waals surface area contributed by atoms with Gasteiger partial charge < -0.3 is 4.74 Å². The minimum atomic E-state index is 0.00273. The van der Waals surface area contributed by atoms with Gasteiger partial charge in [-0.1, -0.05) is 0 Å². The number of ketones is 1. The summed E-state index contributed by atoms with van der Waals surface area (Å²) in [6, 6.07) is 1.79. The number of nitrogens with zero attached hydrogens (tertiary/aromatic N) is 3. The van der Waals surface area contributed by atoms with E-state index in [-0.39, 0.29) is 12.2 Å². The van der Waals surface area contributed by atoms with E-state index >= 15 is 0 Å². The number of ether oxygens (including phenoxy) is 1. The molecular weight excluding hydrogens is 226 g/mol. The van der Waals surface area contributed by atoms with Crippen LogP contribution in [0.1, 0.15) is 15.5 Å². The third-order valence-corrected chi connectivity index (χ3v) is 3.16. The molecule has 0 unspecified atom stereocenters. The molecule has 0 bridgehead atoms. The van der Waals surface area contributed by atoms with E-state index in [0.29, 0.717) is 16.5 Å². The highest BCUT2D eigenvalue weighted by atomic mass is 32.1. The van der Waals surface area contributed by atoms with E-state index in [0.717, 1.165) is 0 Å². The van der Waals surface area contributed by atoms with E-state index in [1.165, 1.54) is 17.7 Å². The van der Waals surface area contributed by atoms with E-state index in [4.69, 9.17) is 4.74 Å². The molecule has 0 fully saturated rings. The molecule has 2 aromatic rings. The maximum atomic E-state index is 12.0. The standard InChI is InChI=1S/C10H11N3O2S/c1-13-9(11-6-12-13)5-7(14)10-8(15-2)3-4-16-10/h3-4,6H,5H2,1-2H3. The zero-order valence-electron chi connectivity index (χ0n) is 9.01. The minimum absolute atomic E-state index is 0.00273. The van der Waals surface area contributed by atoms with Crippen LogP contribution in [0.5, 0.6) is 5.75 Å². The van der Waals surface area contributed by atoms with Gasteiger partial charge in [-0.15, -0.1) is 11.3 Å². The summed E-state index contributed by atoms with van der Waals surface area (Å²) in [5, 5.41) is 5.76. The fourth-order valence-electron chi connectivity index (χ4n) is 1.37. The van der Waals surface area contributed by atoms with Crippen LogP contribution >= 0.6 is 11.3 Å². The van der Waals surface area contributed by atoms with Crippen molar-refractivity contribution in [3.05, 3.63) is 28.5 Å². The average molecular weight is 237 g/mol. The normalized spacial score (nSPS) is 10.4. The van der Waals surface area contributed by atoms with Crippen LogP contribution in [0, 0.1) is 0 Å². The SMILES string of the molecule is COc1ccsc1C(=O)Cc1ncnn1C. The summed E-state index contributed by atoms with van der Waals surface area (Å²) in [6.45, 7) is 0. The van der Waals surface area contributed by atoms with Crippen molar-refractivity contribution in [3.8, 4) is 5.75 Å². The Morgan fingerprint density at radius 2 is 2.44 bits per heavy atom. The van der Waals surface area contributed by atoms with Crippen molar-refractivity contribution >= 4 is 17.1 Å². The lowest BCUT2D eigenvalue weighted by Crippen LogP contribution is -2.08. The average Bonchev–Trinajstić information content (AvgIpc) is 2.87. The van der Waals surface area contributed by atoms with Crippen LogP contribution in [0.15, 0.2) is 17.8 Å². The van der Waals surface area contributed by atoms with Crippen molar-refractivity contribution in [2.75, 3.05) is 7.11 Å². The third-order valence-electron chi connectivity index (χ3n) is 2.23. The molecule has 0 radical (unpaired) electrons. The van der Waals surface area contributed by atoms with E-state index in [1.54, 1.807) is 24.9 Å². The molecule has 0 aliphatic carbocycles. The number of carbonyl (C=O) groups is 1. The fourth-order valence-corrected chi connectivity index (χ4v) is 2.16. The van der Waals surface area contributed by atoms with Gasteiger partial charge in [-0.2, -0.15) is 5.10 Å². The van der Waals surface area contributed by atoms with Crippen LogP contribution in [-0.4, -0.2) is 27.7 Å². The van der Waals surface area contributed by atoms with Crippen LogP contribution in [-0.2, 0) is 13.5 Å². The Bertz CT molecular complexity index is 504. The summed E-state index contributed by atoms with van der Waals surface area (Å²) >= 11 is 1.38. The summed E-state index contributed by atoms with van der Waals surface area (Å²) in [5.41, 5.74) is 0. The number of Topliss-reactive ketones (excluding diaryl/α,β-unsaturated/α-hetero) is 1. The molecule has 0 spiro atoms. The number of thiophene rings is 1. The van der Waals surface area contributed by atoms with Crippen molar-refractivity contribution in [1.29, 1.82) is 0 Å². The number of aromatic nitrogens is 3. The summed E-state index contributed by atoms with van der Waals surface area (Å²) in [6.07, 6.45) is 1.68. The van der Waals surface area contributed by atoms with Gasteiger partial charge in [0.05, 0.1) is 13.5 Å². The maximum Gasteiger partial charge on any atom is 0.184 e. The molecule has 2 heterocycles. The highest BCUT2D eigenvalue weighted by Crippen LogP contribution is 2.25. The lowest BCUT2D eigenvalue weighted by Gasteiger charge is -2.01. The van der Waals surface area contributed by atoms with E-state index in [9.17, 15) is 4.79 Å². The maximum absolute atomic E-state index is 12.0. The first-order valence-corrected chi connectivity index (χ1v) is 5.58. The van der Waals surface area contributed by atoms with Gasteiger partial charge in [0.25, 0.3) is 0 Å². The first kappa shape index (κ1) is 10.8. The van der Waals surface area contributed by atoms with Gasteiger partial charge in [-0.3, -0.25) is 9.48 Å². The summed E-state index contributed by atoms with van der Waals surface area (Å²) in [4.78, 5) is 16.6. The lowest BCUT2D eigenvalue weighted by atomic mass is 10.2. The molecule has 2 rings (SSSR count). The Labute approximate surface area is 96.7 Å². The molecular formula is C10H11N3O2S. The number of hydrogen-bond acceptors (Lipinski definition) is 5. The number of rotatable bonds is 4. The monoisotopic (exact) mass is 237 g/mol. The van der Waals surface area contributed by atoms with Gasteiger partial charge in [0.2, 0.25) is 0 Å². The number of aryl methyl sites for hydroxylation is 1. The van der Waals surface area contributed by atoms with Crippen LogP contribution in [0.3, 0.4) is 0 Å². The van der Waals surface area contributed by atoms with Crippen LogP contribution in [0.2, 0.25) is 0 Å². The highest BCUT2D eigenvalue weighted by molar-refractivity contribution is 7.12. The molecule has 0 saturated heterocycles. The molecule has 2 aromatic heterocycles. The van der Waals surface area contributed by atoms with E-state index < -0.39 is 0 Å². The lowest BCUT2D eigenvalue weighted by molar-refractivity contribution is 0.0991. The molecule has 0 atom stereocenters. The van der Waals surface area contributed by atoms with Gasteiger partial charge >= 0.3 is 0 Å². The Kier molecular flexibility index (Phi) is 3.00. The molecule has 84 valence electrons. The molecule has 0 aliphatic rings. The van der Waals surface area contributed by atoms with Gasteiger partial charge in [-0.25, -0.2) is 4.98 Å². The zero-order chi connectivity index (χ0) is 11.5. The highest BCUT2D eigenvalue weighted by Gasteiger charge is 2.16. The van der Waals surface area contributed by atoms with Gasteiger partial charge in [-0.05, 0) is 11.4 Å². The second-order valence-electron chi connectivity index (χ2n) is 3.22. The van der Waals surface area contributed by atoms with Gasteiger partial charge in [0.15, 0.2) is 5.78 Å². The topological polar surface area (TPSA) is 57.0 Å². The second-order valence-corrected chi connectivity index (χ2v) is 4.13. The molecule has 0 N–H and O–H groups in total. The smallest absolute Gasteiger partial charge is 0.184 e. The van der Waals surface area contributed by atoms with Crippen molar-refractivity contribution in [3.63, 3.8) is 0 Å². The molecule has 0 amide bonds. The zero-order valence-corrected chi connectivity index (χ0v) is 9.82. The summed E-state index contributed by atoms with van der Waals surface area (Å²) in [5.74, 6) is 1.28. The minimum Gasteiger partial charge on any atom is -0.495 e. The summed E-state index contributed by atoms with van der Waals surface area (Å²) in [7, 11) is 3.32. The van der Waals surface area contributed by atoms with Crippen molar-refractivity contribution in [1.82, 2.24) is 14.8 Å². The molecule has 0 saturated carbocycles. The fraction of sp³-hybridized carbons (Fsp3) is 0.300. The Morgan fingerprint density at radius 1 is 1.62 bits per heavy atom. The van der Waals surface area contributed by atoms with E-state index in [2.05, 4.69) is 10.1 Å².